The second-order valence-corrected chi connectivity index (χ2v) is 6.62. The number of oxazole rings is 1. The lowest BCUT2D eigenvalue weighted by Gasteiger charge is -2.36. The lowest BCUT2D eigenvalue weighted by Crippen LogP contribution is -2.47. The van der Waals surface area contributed by atoms with E-state index in [1.807, 2.05) is 23.1 Å². The molecule has 1 fully saturated rings. The Hall–Kier alpha value is -2.12. The van der Waals surface area contributed by atoms with Crippen LogP contribution in [0.25, 0.3) is 11.1 Å². The number of hydrogen-bond acceptors (Lipinski definition) is 5. The number of fused-ring (bicyclic) bond motifs is 1. The first-order valence-electron chi connectivity index (χ1n) is 8.81. The highest BCUT2D eigenvalue weighted by Gasteiger charge is 2.25. The highest BCUT2D eigenvalue weighted by atomic mass is 16.3. The number of aromatic nitrogens is 1. The van der Waals surface area contributed by atoms with Crippen LogP contribution in [0, 0.1) is 6.92 Å². The number of amides is 2. The number of nitrogens with one attached hydrogen (secondary N) is 1. The number of aliphatic hydroxyl groups excluding tert-OH is 1. The van der Waals surface area contributed by atoms with Gasteiger partial charge in [-0.25, -0.2) is 9.78 Å². The van der Waals surface area contributed by atoms with Gasteiger partial charge in [0.1, 0.15) is 5.52 Å². The van der Waals surface area contributed by atoms with Gasteiger partial charge in [-0.1, -0.05) is 0 Å². The monoisotopic (exact) mass is 346 g/mol. The Bertz CT molecular complexity index is 722. The summed E-state index contributed by atoms with van der Waals surface area (Å²) in [5.41, 5.74) is 2.20. The minimum absolute atomic E-state index is 0.0731. The van der Waals surface area contributed by atoms with Crippen LogP contribution in [0.1, 0.15) is 25.2 Å². The van der Waals surface area contributed by atoms with E-state index in [4.69, 9.17) is 9.52 Å². The van der Waals surface area contributed by atoms with Gasteiger partial charge in [0.15, 0.2) is 11.5 Å². The highest BCUT2D eigenvalue weighted by molar-refractivity contribution is 5.91. The Morgan fingerprint density at radius 1 is 1.44 bits per heavy atom. The number of hydrogen-bond donors (Lipinski definition) is 2. The third-order valence-electron chi connectivity index (χ3n) is 4.79. The minimum atomic E-state index is -0.0731. The van der Waals surface area contributed by atoms with Crippen LogP contribution in [-0.4, -0.2) is 65.3 Å². The third-order valence-corrected chi connectivity index (χ3v) is 4.79. The maximum atomic E-state index is 12.5. The smallest absolute Gasteiger partial charge is 0.321 e. The summed E-state index contributed by atoms with van der Waals surface area (Å²) in [7, 11) is 2.09. The topological polar surface area (TPSA) is 81.8 Å². The Balaban J connectivity index is 1.53. The number of urea groups is 1. The number of carbonyl (C=O) groups is 1. The van der Waals surface area contributed by atoms with Crippen molar-refractivity contribution in [2.45, 2.75) is 32.2 Å². The Labute approximate surface area is 147 Å². The summed E-state index contributed by atoms with van der Waals surface area (Å²) >= 11 is 0. The zero-order chi connectivity index (χ0) is 17.8. The van der Waals surface area contributed by atoms with Crippen LogP contribution in [0.15, 0.2) is 22.6 Å². The number of aliphatic hydroxyl groups is 1. The van der Waals surface area contributed by atoms with E-state index >= 15 is 0 Å². The summed E-state index contributed by atoms with van der Waals surface area (Å²) in [4.78, 5) is 20.9. The van der Waals surface area contributed by atoms with E-state index in [0.29, 0.717) is 11.9 Å². The number of aryl methyl sites for hydroxylation is 1. The number of anilines is 1. The molecule has 7 nitrogen and oxygen atoms in total. The van der Waals surface area contributed by atoms with Gasteiger partial charge >= 0.3 is 6.03 Å². The zero-order valence-electron chi connectivity index (χ0n) is 14.9. The summed E-state index contributed by atoms with van der Waals surface area (Å²) in [5, 5.41) is 11.9. The van der Waals surface area contributed by atoms with Crippen molar-refractivity contribution in [1.29, 1.82) is 0 Å². The highest BCUT2D eigenvalue weighted by Crippen LogP contribution is 2.21. The zero-order valence-corrected chi connectivity index (χ0v) is 14.9. The molecule has 1 aliphatic rings. The molecule has 0 saturated carbocycles. The molecule has 25 heavy (non-hydrogen) atoms. The number of carbonyl (C=O) groups excluding carboxylic acids is 1. The van der Waals surface area contributed by atoms with Crippen molar-refractivity contribution in [2.75, 3.05) is 38.6 Å². The molecular weight excluding hydrogens is 320 g/mol. The molecule has 136 valence electrons. The Morgan fingerprint density at radius 2 is 2.20 bits per heavy atom. The summed E-state index contributed by atoms with van der Waals surface area (Å²) in [6, 6.07) is 5.90. The molecule has 7 heteroatoms. The molecule has 1 saturated heterocycles. The van der Waals surface area contributed by atoms with Crippen molar-refractivity contribution >= 4 is 22.8 Å². The van der Waals surface area contributed by atoms with Crippen molar-refractivity contribution in [3.63, 3.8) is 0 Å². The molecule has 2 N–H and O–H groups in total. The molecule has 1 aromatic heterocycles. The molecule has 2 amide bonds. The predicted octanol–water partition coefficient (Wildman–Crippen LogP) is 2.45. The molecule has 3 rings (SSSR count). The maximum absolute atomic E-state index is 12.5. The first kappa shape index (κ1) is 17.7. The van der Waals surface area contributed by atoms with Gasteiger partial charge in [-0.2, -0.15) is 0 Å². The maximum Gasteiger partial charge on any atom is 0.321 e. The van der Waals surface area contributed by atoms with E-state index in [-0.39, 0.29) is 12.6 Å². The lowest BCUT2D eigenvalue weighted by molar-refractivity contribution is 0.134. The van der Waals surface area contributed by atoms with E-state index in [1.54, 1.807) is 6.92 Å². The van der Waals surface area contributed by atoms with Crippen LogP contribution in [0.4, 0.5) is 10.5 Å². The second-order valence-electron chi connectivity index (χ2n) is 6.62. The molecule has 2 heterocycles. The molecule has 1 aliphatic heterocycles. The average Bonchev–Trinajstić information content (AvgIpc) is 2.99. The van der Waals surface area contributed by atoms with E-state index in [1.165, 1.54) is 0 Å². The predicted molar refractivity (Wildman–Crippen MR) is 96.7 cm³/mol. The van der Waals surface area contributed by atoms with Crippen LogP contribution in [0.5, 0.6) is 0 Å². The molecule has 0 radical (unpaired) electrons. The number of benzene rings is 1. The average molecular weight is 346 g/mol. The van der Waals surface area contributed by atoms with Crippen LogP contribution in [-0.2, 0) is 0 Å². The van der Waals surface area contributed by atoms with Gasteiger partial charge in [-0.3, -0.25) is 0 Å². The van der Waals surface area contributed by atoms with Gasteiger partial charge in [0, 0.05) is 44.9 Å². The van der Waals surface area contributed by atoms with Crippen LogP contribution in [0.2, 0.25) is 0 Å². The van der Waals surface area contributed by atoms with Crippen LogP contribution >= 0.6 is 0 Å². The number of rotatable bonds is 5. The summed E-state index contributed by atoms with van der Waals surface area (Å²) in [5.74, 6) is 0.617. The Kier molecular flexibility index (Phi) is 5.55. The lowest BCUT2D eigenvalue weighted by atomic mass is 10.0. The fraction of sp³-hybridized carbons (Fsp3) is 0.556. The van der Waals surface area contributed by atoms with Crippen molar-refractivity contribution in [3.8, 4) is 0 Å². The first-order valence-corrected chi connectivity index (χ1v) is 8.81. The standard InChI is InChI=1S/C18H26N4O3/c1-13-19-16-12-14(4-5-17(16)25-13)20-18(24)22-9-6-15(7-10-22)21(2)8-3-11-23/h4-5,12,15,23H,3,6-11H2,1-2H3,(H,20,24). The van der Waals surface area contributed by atoms with E-state index < -0.39 is 0 Å². The van der Waals surface area contributed by atoms with Gasteiger partial charge in [-0.05, 0) is 44.5 Å². The van der Waals surface area contributed by atoms with Crippen LogP contribution in [0.3, 0.4) is 0 Å². The van der Waals surface area contributed by atoms with E-state index in [2.05, 4.69) is 22.2 Å². The number of nitrogens with zero attached hydrogens (tertiary/aromatic N) is 3. The van der Waals surface area contributed by atoms with E-state index in [9.17, 15) is 4.79 Å². The van der Waals surface area contributed by atoms with Crippen molar-refractivity contribution in [1.82, 2.24) is 14.8 Å². The largest absolute Gasteiger partial charge is 0.441 e. The number of likely N-dealkylation sites (tertiary alicyclic amines) is 1. The minimum Gasteiger partial charge on any atom is -0.441 e. The summed E-state index contributed by atoms with van der Waals surface area (Å²) in [6.45, 7) is 4.40. The van der Waals surface area contributed by atoms with Crippen LogP contribution < -0.4 is 5.32 Å². The molecule has 0 atom stereocenters. The molecule has 0 bridgehead atoms. The molecule has 0 unspecified atom stereocenters. The van der Waals surface area contributed by atoms with Gasteiger partial charge in [-0.15, -0.1) is 0 Å². The molecular formula is C18H26N4O3. The normalized spacial score (nSPS) is 15.9. The third kappa shape index (κ3) is 4.29. The SMILES string of the molecule is Cc1nc2cc(NC(=O)N3CCC(N(C)CCCO)CC3)ccc2o1. The Morgan fingerprint density at radius 3 is 2.92 bits per heavy atom. The second kappa shape index (κ2) is 7.84. The van der Waals surface area contributed by atoms with Gasteiger partial charge in [0.05, 0.1) is 0 Å². The quantitative estimate of drug-likeness (QED) is 0.869. The van der Waals surface area contributed by atoms with Crippen molar-refractivity contribution in [2.24, 2.45) is 0 Å². The fourth-order valence-corrected chi connectivity index (χ4v) is 3.34. The fourth-order valence-electron chi connectivity index (χ4n) is 3.34. The van der Waals surface area contributed by atoms with Gasteiger partial charge in [0.2, 0.25) is 0 Å². The van der Waals surface area contributed by atoms with E-state index in [0.717, 1.165) is 55.7 Å². The molecule has 0 spiro atoms. The molecule has 2 aromatic rings. The van der Waals surface area contributed by atoms with Gasteiger partial charge < -0.3 is 24.6 Å². The summed E-state index contributed by atoms with van der Waals surface area (Å²) < 4.78 is 5.45. The molecule has 1 aromatic carbocycles. The van der Waals surface area contributed by atoms with Gasteiger partial charge in [0.25, 0.3) is 0 Å². The van der Waals surface area contributed by atoms with Crippen molar-refractivity contribution < 1.29 is 14.3 Å². The van der Waals surface area contributed by atoms with Crippen molar-refractivity contribution in [3.05, 3.63) is 24.1 Å². The first-order chi connectivity index (χ1) is 12.1. The molecule has 0 aliphatic carbocycles. The summed E-state index contributed by atoms with van der Waals surface area (Å²) in [6.07, 6.45) is 2.70. The number of piperidine rings is 1.